The monoisotopic (exact) mass is 406 g/mol. The van der Waals surface area contributed by atoms with Gasteiger partial charge in [-0.15, -0.1) is 0 Å². The lowest BCUT2D eigenvalue weighted by molar-refractivity contribution is 0.514. The second-order valence-electron chi connectivity index (χ2n) is 8.05. The first-order chi connectivity index (χ1) is 14.6. The minimum absolute atomic E-state index is 0.304. The van der Waals surface area contributed by atoms with Crippen LogP contribution in [0.15, 0.2) is 60.7 Å². The average molecular weight is 407 g/mol. The van der Waals surface area contributed by atoms with Gasteiger partial charge in [-0.05, 0) is 41.5 Å². The summed E-state index contributed by atoms with van der Waals surface area (Å²) in [6.07, 6.45) is 9.59. The minimum atomic E-state index is -0.784. The first-order valence-corrected chi connectivity index (χ1v) is 11.3. The summed E-state index contributed by atoms with van der Waals surface area (Å²) in [6.45, 7) is 4.30. The Hall–Kier alpha value is -2.48. The van der Waals surface area contributed by atoms with Gasteiger partial charge >= 0.3 is 0 Å². The van der Waals surface area contributed by atoms with Crippen LogP contribution in [-0.2, 0) is 12.8 Å². The van der Waals surface area contributed by atoms with E-state index in [1.165, 1.54) is 49.7 Å². The highest BCUT2D eigenvalue weighted by Crippen LogP contribution is 2.32. The molecule has 0 N–H and O–H groups in total. The van der Waals surface area contributed by atoms with Crippen LogP contribution in [0.5, 0.6) is 0 Å². The summed E-state index contributed by atoms with van der Waals surface area (Å²) in [4.78, 5) is 0. The van der Waals surface area contributed by atoms with E-state index in [0.29, 0.717) is 22.3 Å². The Morgan fingerprint density at radius 1 is 0.533 bits per heavy atom. The first kappa shape index (κ1) is 22.2. The highest BCUT2D eigenvalue weighted by molar-refractivity contribution is 5.72. The van der Waals surface area contributed by atoms with Crippen molar-refractivity contribution >= 4 is 0 Å². The molecule has 0 bridgehead atoms. The lowest BCUT2D eigenvalue weighted by Crippen LogP contribution is -1.95. The van der Waals surface area contributed by atoms with Crippen LogP contribution in [0, 0.1) is 11.6 Å². The third-order valence-corrected chi connectivity index (χ3v) is 5.84. The molecule has 0 saturated heterocycles. The second kappa shape index (κ2) is 11.1. The van der Waals surface area contributed by atoms with Crippen LogP contribution in [0.3, 0.4) is 0 Å². The number of hydrogen-bond donors (Lipinski definition) is 0. The smallest absolute Gasteiger partial charge is 0.167 e. The Labute approximate surface area is 180 Å². The number of hydrogen-bond acceptors (Lipinski definition) is 0. The van der Waals surface area contributed by atoms with Crippen molar-refractivity contribution in [3.8, 4) is 22.3 Å². The van der Waals surface area contributed by atoms with Gasteiger partial charge in [0.2, 0.25) is 0 Å². The van der Waals surface area contributed by atoms with E-state index >= 15 is 0 Å². The van der Waals surface area contributed by atoms with Crippen LogP contribution in [0.4, 0.5) is 8.78 Å². The molecule has 3 aromatic rings. The molecule has 0 amide bonds. The molecule has 30 heavy (non-hydrogen) atoms. The molecule has 0 radical (unpaired) electrons. The average Bonchev–Trinajstić information content (AvgIpc) is 2.79. The highest BCUT2D eigenvalue weighted by Gasteiger charge is 2.16. The van der Waals surface area contributed by atoms with Crippen molar-refractivity contribution < 1.29 is 8.78 Å². The zero-order valence-electron chi connectivity index (χ0n) is 18.2. The lowest BCUT2D eigenvalue weighted by Gasteiger charge is -2.10. The normalized spacial score (nSPS) is 11.1. The molecule has 0 aliphatic carbocycles. The predicted molar refractivity (Wildman–Crippen MR) is 124 cm³/mol. The van der Waals surface area contributed by atoms with Gasteiger partial charge in [0.15, 0.2) is 11.6 Å². The van der Waals surface area contributed by atoms with Gasteiger partial charge in [0.1, 0.15) is 0 Å². The number of aryl methyl sites for hydroxylation is 2. The summed E-state index contributed by atoms with van der Waals surface area (Å²) in [5.41, 5.74) is 4.46. The Morgan fingerprint density at radius 2 is 1.00 bits per heavy atom. The maximum atomic E-state index is 14.9. The predicted octanol–water partition coefficient (Wildman–Crippen LogP) is 8.76. The molecule has 0 saturated carbocycles. The van der Waals surface area contributed by atoms with Crippen molar-refractivity contribution in [1.82, 2.24) is 0 Å². The van der Waals surface area contributed by atoms with Crippen LogP contribution in [0.2, 0.25) is 0 Å². The largest absolute Gasteiger partial charge is 0.203 e. The molecule has 0 nitrogen and oxygen atoms in total. The molecular formula is C28H32F2. The van der Waals surface area contributed by atoms with Crippen molar-refractivity contribution in [2.75, 3.05) is 0 Å². The summed E-state index contributed by atoms with van der Waals surface area (Å²) < 4.78 is 29.7. The first-order valence-electron chi connectivity index (χ1n) is 11.3. The summed E-state index contributed by atoms with van der Waals surface area (Å²) in [5, 5.41) is 0. The number of unbranched alkanes of at least 4 members (excludes halogenated alkanes) is 5. The van der Waals surface area contributed by atoms with Crippen molar-refractivity contribution in [1.29, 1.82) is 0 Å². The Morgan fingerprint density at radius 3 is 1.50 bits per heavy atom. The lowest BCUT2D eigenvalue weighted by atomic mass is 9.96. The van der Waals surface area contributed by atoms with E-state index in [9.17, 15) is 8.78 Å². The maximum absolute atomic E-state index is 14.9. The van der Waals surface area contributed by atoms with Gasteiger partial charge in [-0.3, -0.25) is 0 Å². The fraction of sp³-hybridized carbons (Fsp3) is 0.357. The van der Waals surface area contributed by atoms with Crippen molar-refractivity contribution in [3.05, 3.63) is 83.4 Å². The second-order valence-corrected chi connectivity index (χ2v) is 8.05. The number of benzene rings is 3. The van der Waals surface area contributed by atoms with Crippen molar-refractivity contribution in [2.45, 2.75) is 65.2 Å². The van der Waals surface area contributed by atoms with E-state index in [2.05, 4.69) is 13.8 Å². The topological polar surface area (TPSA) is 0 Å². The molecular weight excluding hydrogens is 374 g/mol. The van der Waals surface area contributed by atoms with Gasteiger partial charge in [-0.25, -0.2) is 8.78 Å². The molecule has 2 heteroatoms. The molecule has 0 spiro atoms. The van der Waals surface area contributed by atoms with Crippen LogP contribution in [-0.4, -0.2) is 0 Å². The van der Waals surface area contributed by atoms with Crippen molar-refractivity contribution in [2.24, 2.45) is 0 Å². The Kier molecular flexibility index (Phi) is 8.19. The molecule has 0 atom stereocenters. The van der Waals surface area contributed by atoms with Gasteiger partial charge in [-0.1, -0.05) is 107 Å². The van der Waals surface area contributed by atoms with Crippen LogP contribution in [0.1, 0.15) is 63.5 Å². The number of halogens is 2. The molecule has 0 fully saturated rings. The fourth-order valence-electron chi connectivity index (χ4n) is 3.88. The third kappa shape index (κ3) is 5.56. The Bertz CT molecular complexity index is 924. The highest BCUT2D eigenvalue weighted by atomic mass is 19.2. The molecule has 3 aromatic carbocycles. The SMILES string of the molecule is CCCCCCCCc1ccc(-c2ccc(-c3ccc(CC)cc3)c(F)c2F)cc1. The summed E-state index contributed by atoms with van der Waals surface area (Å²) in [5.74, 6) is -1.57. The zero-order chi connectivity index (χ0) is 21.3. The zero-order valence-corrected chi connectivity index (χ0v) is 18.2. The number of rotatable bonds is 10. The molecule has 0 heterocycles. The molecule has 0 aliphatic rings. The molecule has 0 unspecified atom stereocenters. The van der Waals surface area contributed by atoms with Gasteiger partial charge in [0, 0.05) is 11.1 Å². The van der Waals surface area contributed by atoms with Crippen LogP contribution in [0.25, 0.3) is 22.3 Å². The van der Waals surface area contributed by atoms with Gasteiger partial charge in [-0.2, -0.15) is 0 Å². The summed E-state index contributed by atoms with van der Waals surface area (Å²) in [6, 6.07) is 18.9. The van der Waals surface area contributed by atoms with Crippen LogP contribution < -0.4 is 0 Å². The standard InChI is InChI=1S/C28H32F2/c1-3-5-6-7-8-9-10-22-13-17-24(18-14-22)26-20-19-25(27(29)28(26)30)23-15-11-21(4-2)12-16-23/h11-20H,3-10H2,1-2H3. The minimum Gasteiger partial charge on any atom is -0.203 e. The molecule has 0 aliphatic heterocycles. The van der Waals surface area contributed by atoms with E-state index in [1.807, 2.05) is 48.5 Å². The molecule has 158 valence electrons. The van der Waals surface area contributed by atoms with Crippen molar-refractivity contribution in [3.63, 3.8) is 0 Å². The van der Waals surface area contributed by atoms with E-state index in [0.717, 1.165) is 12.8 Å². The van der Waals surface area contributed by atoms with Gasteiger partial charge in [0.05, 0.1) is 0 Å². The maximum Gasteiger partial charge on any atom is 0.167 e. The Balaban J connectivity index is 1.69. The summed E-state index contributed by atoms with van der Waals surface area (Å²) >= 11 is 0. The summed E-state index contributed by atoms with van der Waals surface area (Å²) in [7, 11) is 0. The van der Waals surface area contributed by atoms with E-state index in [1.54, 1.807) is 12.1 Å². The van der Waals surface area contributed by atoms with Crippen LogP contribution >= 0.6 is 0 Å². The van der Waals surface area contributed by atoms with Gasteiger partial charge in [0.25, 0.3) is 0 Å². The van der Waals surface area contributed by atoms with Gasteiger partial charge < -0.3 is 0 Å². The van der Waals surface area contributed by atoms with E-state index in [4.69, 9.17) is 0 Å². The molecule has 3 rings (SSSR count). The quantitative estimate of drug-likeness (QED) is 0.295. The van der Waals surface area contributed by atoms with E-state index in [-0.39, 0.29) is 0 Å². The molecule has 0 aromatic heterocycles. The van der Waals surface area contributed by atoms with E-state index < -0.39 is 11.6 Å². The third-order valence-electron chi connectivity index (χ3n) is 5.84. The fourth-order valence-corrected chi connectivity index (χ4v) is 3.88.